The van der Waals surface area contributed by atoms with Crippen LogP contribution in [0, 0.1) is 0 Å². The number of morpholine rings is 1. The van der Waals surface area contributed by atoms with Gasteiger partial charge in [0.15, 0.2) is 0 Å². The van der Waals surface area contributed by atoms with Gasteiger partial charge in [0.1, 0.15) is 11.8 Å². The Morgan fingerprint density at radius 3 is 2.79 bits per heavy atom. The molecule has 0 saturated carbocycles. The van der Waals surface area contributed by atoms with Crippen LogP contribution in [0.25, 0.3) is 0 Å². The summed E-state index contributed by atoms with van der Waals surface area (Å²) < 4.78 is 7.46. The molecule has 128 valence electrons. The Hall–Kier alpha value is -1.56. The van der Waals surface area contributed by atoms with Gasteiger partial charge in [-0.2, -0.15) is 5.10 Å². The van der Waals surface area contributed by atoms with Crippen molar-refractivity contribution in [2.75, 3.05) is 19.7 Å². The standard InChI is InChI=1S/C17H19Cl2N3O2/c1-3-12-9-15(21(2)20-12)17(23)22-6-7-24-16(10-22)11-4-5-13(18)14(19)8-11/h4-5,8-9,16H,3,6-7,10H2,1-2H3/t16-/m1/s1. The van der Waals surface area contributed by atoms with Crippen molar-refractivity contribution in [1.82, 2.24) is 14.7 Å². The highest BCUT2D eigenvalue weighted by Gasteiger charge is 2.28. The van der Waals surface area contributed by atoms with Crippen molar-refractivity contribution in [2.45, 2.75) is 19.4 Å². The fraction of sp³-hybridized carbons (Fsp3) is 0.412. The average molecular weight is 368 g/mol. The molecule has 0 unspecified atom stereocenters. The SMILES string of the molecule is CCc1cc(C(=O)N2CCO[C@@H](c3ccc(Cl)c(Cl)c3)C2)n(C)n1. The van der Waals surface area contributed by atoms with Crippen LogP contribution < -0.4 is 0 Å². The molecular formula is C17H19Cl2N3O2. The number of aromatic nitrogens is 2. The van der Waals surface area contributed by atoms with Crippen LogP contribution >= 0.6 is 23.2 Å². The first-order valence-corrected chi connectivity index (χ1v) is 8.64. The van der Waals surface area contributed by atoms with Gasteiger partial charge in [0, 0.05) is 13.6 Å². The first-order chi connectivity index (χ1) is 11.5. The van der Waals surface area contributed by atoms with Gasteiger partial charge in [0.2, 0.25) is 0 Å². The Morgan fingerprint density at radius 1 is 1.33 bits per heavy atom. The third-order valence-electron chi connectivity index (χ3n) is 4.18. The number of hydrogen-bond acceptors (Lipinski definition) is 3. The molecule has 0 bridgehead atoms. The van der Waals surface area contributed by atoms with E-state index in [2.05, 4.69) is 5.10 Å². The van der Waals surface area contributed by atoms with E-state index in [0.29, 0.717) is 35.4 Å². The van der Waals surface area contributed by atoms with Gasteiger partial charge in [-0.3, -0.25) is 9.48 Å². The molecule has 0 N–H and O–H groups in total. The van der Waals surface area contributed by atoms with Gasteiger partial charge in [0.05, 0.1) is 28.9 Å². The lowest BCUT2D eigenvalue weighted by Crippen LogP contribution is -2.42. The van der Waals surface area contributed by atoms with Gasteiger partial charge in [-0.15, -0.1) is 0 Å². The molecule has 1 aromatic carbocycles. The molecule has 1 aliphatic rings. The monoisotopic (exact) mass is 367 g/mol. The van der Waals surface area contributed by atoms with Crippen LogP contribution in [0.2, 0.25) is 10.0 Å². The van der Waals surface area contributed by atoms with Gasteiger partial charge in [-0.25, -0.2) is 0 Å². The smallest absolute Gasteiger partial charge is 0.272 e. The van der Waals surface area contributed by atoms with Crippen molar-refractivity contribution < 1.29 is 9.53 Å². The molecule has 1 amide bonds. The molecule has 24 heavy (non-hydrogen) atoms. The molecular weight excluding hydrogens is 349 g/mol. The highest BCUT2D eigenvalue weighted by Crippen LogP contribution is 2.29. The summed E-state index contributed by atoms with van der Waals surface area (Å²) in [6, 6.07) is 7.28. The van der Waals surface area contributed by atoms with Gasteiger partial charge in [-0.05, 0) is 30.2 Å². The van der Waals surface area contributed by atoms with Crippen molar-refractivity contribution in [1.29, 1.82) is 0 Å². The van der Waals surface area contributed by atoms with Crippen molar-refractivity contribution in [3.05, 3.63) is 51.3 Å². The van der Waals surface area contributed by atoms with E-state index in [-0.39, 0.29) is 12.0 Å². The Kier molecular flexibility index (Phi) is 5.13. The summed E-state index contributed by atoms with van der Waals surface area (Å²) in [4.78, 5) is 14.6. The number of aryl methyl sites for hydroxylation is 2. The van der Waals surface area contributed by atoms with E-state index in [1.807, 2.05) is 19.1 Å². The summed E-state index contributed by atoms with van der Waals surface area (Å²) in [7, 11) is 1.79. The average Bonchev–Trinajstić information content (AvgIpc) is 2.98. The minimum absolute atomic E-state index is 0.0296. The number of rotatable bonds is 3. The van der Waals surface area contributed by atoms with Crippen LogP contribution in [-0.4, -0.2) is 40.3 Å². The first-order valence-electron chi connectivity index (χ1n) is 7.88. The summed E-state index contributed by atoms with van der Waals surface area (Å²) in [6.07, 6.45) is 0.590. The Bertz CT molecular complexity index is 760. The summed E-state index contributed by atoms with van der Waals surface area (Å²) in [6.45, 7) is 3.54. The molecule has 0 spiro atoms. The highest BCUT2D eigenvalue weighted by molar-refractivity contribution is 6.42. The number of amides is 1. The van der Waals surface area contributed by atoms with Crippen molar-refractivity contribution in [3.63, 3.8) is 0 Å². The lowest BCUT2D eigenvalue weighted by atomic mass is 10.1. The van der Waals surface area contributed by atoms with Crippen LogP contribution in [0.15, 0.2) is 24.3 Å². The molecule has 1 saturated heterocycles. The molecule has 1 aromatic heterocycles. The van der Waals surface area contributed by atoms with Gasteiger partial charge < -0.3 is 9.64 Å². The summed E-state index contributed by atoms with van der Waals surface area (Å²) in [5, 5.41) is 5.34. The maximum Gasteiger partial charge on any atom is 0.272 e. The summed E-state index contributed by atoms with van der Waals surface area (Å²) in [5.41, 5.74) is 2.43. The van der Waals surface area contributed by atoms with Gasteiger partial charge >= 0.3 is 0 Å². The van der Waals surface area contributed by atoms with Crippen molar-refractivity contribution >= 4 is 29.1 Å². The predicted octanol–water partition coefficient (Wildman–Crippen LogP) is 3.50. The van der Waals surface area contributed by atoms with E-state index in [4.69, 9.17) is 27.9 Å². The van der Waals surface area contributed by atoms with Crippen LogP contribution in [-0.2, 0) is 18.2 Å². The number of benzene rings is 1. The van der Waals surface area contributed by atoms with Crippen LogP contribution in [0.3, 0.4) is 0 Å². The number of nitrogens with zero attached hydrogens (tertiary/aromatic N) is 3. The molecule has 0 aliphatic carbocycles. The quantitative estimate of drug-likeness (QED) is 0.833. The zero-order valence-electron chi connectivity index (χ0n) is 13.6. The zero-order chi connectivity index (χ0) is 17.3. The number of carbonyl (C=O) groups is 1. The third-order valence-corrected chi connectivity index (χ3v) is 4.92. The maximum absolute atomic E-state index is 12.8. The fourth-order valence-electron chi connectivity index (χ4n) is 2.81. The molecule has 2 heterocycles. The number of carbonyl (C=O) groups excluding carboxylic acids is 1. The lowest BCUT2D eigenvalue weighted by molar-refractivity contribution is -0.0231. The maximum atomic E-state index is 12.8. The molecule has 7 heteroatoms. The van der Waals surface area contributed by atoms with Gasteiger partial charge in [-0.1, -0.05) is 36.2 Å². The molecule has 1 atom stereocenters. The normalized spacial score (nSPS) is 18.0. The second-order valence-electron chi connectivity index (χ2n) is 5.78. The molecule has 1 fully saturated rings. The lowest BCUT2D eigenvalue weighted by Gasteiger charge is -2.33. The van der Waals surface area contributed by atoms with E-state index in [0.717, 1.165) is 17.7 Å². The molecule has 2 aromatic rings. The van der Waals surface area contributed by atoms with E-state index in [1.54, 1.807) is 28.8 Å². The Balaban J connectivity index is 1.78. The Morgan fingerprint density at radius 2 is 2.12 bits per heavy atom. The zero-order valence-corrected chi connectivity index (χ0v) is 15.1. The first kappa shape index (κ1) is 17.3. The minimum Gasteiger partial charge on any atom is -0.370 e. The van der Waals surface area contributed by atoms with Gasteiger partial charge in [0.25, 0.3) is 5.91 Å². The third kappa shape index (κ3) is 3.43. The Labute approximate surface area is 151 Å². The van der Waals surface area contributed by atoms with E-state index >= 15 is 0 Å². The topological polar surface area (TPSA) is 47.4 Å². The highest BCUT2D eigenvalue weighted by atomic mass is 35.5. The second-order valence-corrected chi connectivity index (χ2v) is 6.60. The molecule has 0 radical (unpaired) electrons. The second kappa shape index (κ2) is 7.13. The van der Waals surface area contributed by atoms with Crippen LogP contribution in [0.1, 0.15) is 34.8 Å². The summed E-state index contributed by atoms with van der Waals surface area (Å²) >= 11 is 12.1. The van der Waals surface area contributed by atoms with Crippen molar-refractivity contribution in [2.24, 2.45) is 7.05 Å². The van der Waals surface area contributed by atoms with Crippen LogP contribution in [0.4, 0.5) is 0 Å². The van der Waals surface area contributed by atoms with E-state index in [1.165, 1.54) is 0 Å². The van der Waals surface area contributed by atoms with Crippen LogP contribution in [0.5, 0.6) is 0 Å². The van der Waals surface area contributed by atoms with Crippen molar-refractivity contribution in [3.8, 4) is 0 Å². The van der Waals surface area contributed by atoms with E-state index < -0.39 is 0 Å². The number of ether oxygens (including phenoxy) is 1. The number of hydrogen-bond donors (Lipinski definition) is 0. The van der Waals surface area contributed by atoms with E-state index in [9.17, 15) is 4.79 Å². The fourth-order valence-corrected chi connectivity index (χ4v) is 3.12. The minimum atomic E-state index is -0.212. The molecule has 3 rings (SSSR count). The largest absolute Gasteiger partial charge is 0.370 e. The predicted molar refractivity (Wildman–Crippen MR) is 93.6 cm³/mol. The molecule has 5 nitrogen and oxygen atoms in total. The molecule has 1 aliphatic heterocycles. The summed E-state index contributed by atoms with van der Waals surface area (Å²) in [5.74, 6) is -0.0296. The number of halogens is 2.